The van der Waals surface area contributed by atoms with Crippen molar-refractivity contribution in [3.05, 3.63) is 101 Å². The lowest BCUT2D eigenvalue weighted by molar-refractivity contribution is -0.159. The van der Waals surface area contributed by atoms with Crippen LogP contribution in [0.4, 0.5) is 4.79 Å². The fourth-order valence-corrected chi connectivity index (χ4v) is 9.69. The van der Waals surface area contributed by atoms with E-state index in [0.29, 0.717) is 11.6 Å². The van der Waals surface area contributed by atoms with Gasteiger partial charge >= 0.3 is 6.09 Å². The highest BCUT2D eigenvalue weighted by molar-refractivity contribution is 6.90. The molecule has 1 saturated heterocycles. The Bertz CT molecular complexity index is 1390. The zero-order valence-electron chi connectivity index (χ0n) is 26.7. The van der Waals surface area contributed by atoms with E-state index in [4.69, 9.17) is 4.74 Å². The number of hydrogen-bond acceptors (Lipinski definition) is 4. The van der Waals surface area contributed by atoms with Gasteiger partial charge in [0.25, 0.3) is 0 Å². The largest absolute Gasteiger partial charge is 0.440 e. The van der Waals surface area contributed by atoms with E-state index in [2.05, 4.69) is 85.0 Å². The molecule has 5 nitrogen and oxygen atoms in total. The van der Waals surface area contributed by atoms with Crippen LogP contribution >= 0.6 is 0 Å². The van der Waals surface area contributed by atoms with Gasteiger partial charge in [-0.15, -0.1) is 0 Å². The van der Waals surface area contributed by atoms with Crippen LogP contribution in [-0.4, -0.2) is 36.7 Å². The van der Waals surface area contributed by atoms with Gasteiger partial charge in [0.1, 0.15) is 6.10 Å². The smallest absolute Gasteiger partial charge is 0.417 e. The Morgan fingerprint density at radius 3 is 1.83 bits per heavy atom. The molecule has 4 rings (SSSR count). The predicted octanol–water partition coefficient (Wildman–Crippen LogP) is 7.66. The van der Waals surface area contributed by atoms with E-state index in [-0.39, 0.29) is 16.7 Å². The highest BCUT2D eigenvalue weighted by atomic mass is 28.3. The molecule has 1 heterocycles. The zero-order valence-corrected chi connectivity index (χ0v) is 27.7. The van der Waals surface area contributed by atoms with E-state index in [0.717, 1.165) is 16.7 Å². The quantitative estimate of drug-likeness (QED) is 0.289. The molecule has 0 saturated carbocycles. The van der Waals surface area contributed by atoms with Crippen LogP contribution in [0.15, 0.2) is 78.9 Å². The fourth-order valence-electron chi connectivity index (χ4n) is 6.22. The monoisotopic (exact) mass is 585 g/mol. The first-order chi connectivity index (χ1) is 19.5. The number of rotatable bonds is 7. The zero-order chi connectivity index (χ0) is 31.1. The summed E-state index contributed by atoms with van der Waals surface area (Å²) in [5.41, 5.74) is 2.45. The van der Waals surface area contributed by atoms with E-state index in [9.17, 15) is 14.7 Å². The maximum Gasteiger partial charge on any atom is 0.417 e. The van der Waals surface area contributed by atoms with Crippen molar-refractivity contribution >= 4 is 25.3 Å². The summed E-state index contributed by atoms with van der Waals surface area (Å²) in [4.78, 5) is 29.8. The van der Waals surface area contributed by atoms with Gasteiger partial charge in [-0.25, -0.2) is 9.69 Å². The lowest BCUT2D eigenvalue weighted by Gasteiger charge is -2.48. The number of aliphatic hydroxyl groups excluding tert-OH is 1. The summed E-state index contributed by atoms with van der Waals surface area (Å²) in [6.07, 6.45) is -1.49. The highest BCUT2D eigenvalue weighted by Crippen LogP contribution is 2.50. The predicted molar refractivity (Wildman–Crippen MR) is 173 cm³/mol. The summed E-state index contributed by atoms with van der Waals surface area (Å²) in [6.45, 7) is 19.2. The first kappa shape index (κ1) is 31.7. The lowest BCUT2D eigenvalue weighted by Crippen LogP contribution is -2.59. The van der Waals surface area contributed by atoms with Crippen LogP contribution in [0.1, 0.15) is 82.9 Å². The number of imide groups is 1. The van der Waals surface area contributed by atoms with Gasteiger partial charge < -0.3 is 9.84 Å². The van der Waals surface area contributed by atoms with Gasteiger partial charge in [-0.2, -0.15) is 0 Å². The first-order valence-electron chi connectivity index (χ1n) is 14.9. The Hall–Kier alpha value is -3.22. The van der Waals surface area contributed by atoms with Crippen LogP contribution in [0.5, 0.6) is 0 Å². The third kappa shape index (κ3) is 6.25. The van der Waals surface area contributed by atoms with E-state index in [1.807, 2.05) is 55.5 Å². The van der Waals surface area contributed by atoms with E-state index >= 15 is 0 Å². The number of amides is 2. The maximum atomic E-state index is 14.8. The molecule has 0 bridgehead atoms. The van der Waals surface area contributed by atoms with Gasteiger partial charge in [0.15, 0.2) is 0 Å². The van der Waals surface area contributed by atoms with E-state index in [1.54, 1.807) is 0 Å². The number of benzene rings is 3. The Kier molecular flexibility index (Phi) is 8.65. The number of ether oxygens (including phenoxy) is 1. The molecule has 2 amide bonds. The number of carbonyl (C=O) groups is 2. The first-order valence-corrected chi connectivity index (χ1v) is 18.1. The topological polar surface area (TPSA) is 66.8 Å². The van der Waals surface area contributed by atoms with Crippen LogP contribution < -0.4 is 5.19 Å². The second kappa shape index (κ2) is 11.5. The summed E-state index contributed by atoms with van der Waals surface area (Å²) in [7, 11) is -2.23. The molecule has 6 heteroatoms. The Morgan fingerprint density at radius 2 is 1.36 bits per heavy atom. The van der Waals surface area contributed by atoms with Gasteiger partial charge in [0.2, 0.25) is 5.91 Å². The Labute approximate surface area is 252 Å². The number of cyclic esters (lactones) is 1. The van der Waals surface area contributed by atoms with Gasteiger partial charge in [0, 0.05) is 0 Å². The molecular formula is C36H47NO4Si. The second-order valence-electron chi connectivity index (χ2n) is 14.7. The minimum atomic E-state index is -2.23. The number of aliphatic hydroxyl groups is 1. The van der Waals surface area contributed by atoms with E-state index in [1.165, 1.54) is 10.1 Å². The summed E-state index contributed by atoms with van der Waals surface area (Å²) in [6, 6.07) is 25.8. The minimum absolute atomic E-state index is 0.144. The Morgan fingerprint density at radius 1 is 0.857 bits per heavy atom. The van der Waals surface area contributed by atoms with Crippen LogP contribution in [0.2, 0.25) is 19.1 Å². The molecule has 1 aliphatic rings. The highest BCUT2D eigenvalue weighted by Gasteiger charge is 2.57. The molecular weight excluding hydrogens is 538 g/mol. The summed E-state index contributed by atoms with van der Waals surface area (Å²) in [5.74, 6) is -0.304. The third-order valence-electron chi connectivity index (χ3n) is 8.72. The van der Waals surface area contributed by atoms with Gasteiger partial charge in [-0.3, -0.25) is 4.79 Å². The van der Waals surface area contributed by atoms with Crippen LogP contribution in [0.3, 0.4) is 0 Å². The molecule has 1 fully saturated rings. The van der Waals surface area contributed by atoms with Crippen molar-refractivity contribution in [3.63, 3.8) is 0 Å². The normalized spacial score (nSPS) is 20.8. The van der Waals surface area contributed by atoms with Crippen molar-refractivity contribution in [3.8, 4) is 0 Å². The van der Waals surface area contributed by atoms with Crippen LogP contribution in [0.25, 0.3) is 0 Å². The summed E-state index contributed by atoms with van der Waals surface area (Å²) < 4.78 is 6.37. The molecule has 1 N–H and O–H groups in total. The molecule has 1 aliphatic heterocycles. The summed E-state index contributed by atoms with van der Waals surface area (Å²) >= 11 is 0. The average molecular weight is 586 g/mol. The SMILES string of the molecule is CC(C)(C)c1cc([C@H]2OC(=O)N([C@H](CO)c3ccccc3)C(=O)[C@]2(C)C[Si](C)(C)c2ccccc2)cc(C(C)(C)C)c1. The third-order valence-corrected chi connectivity index (χ3v) is 12.2. The van der Waals surface area contributed by atoms with Gasteiger partial charge in [-0.05, 0) is 46.1 Å². The minimum Gasteiger partial charge on any atom is -0.440 e. The van der Waals surface area contributed by atoms with Gasteiger partial charge in [0.05, 0.1) is 26.1 Å². The van der Waals surface area contributed by atoms with Crippen LogP contribution in [-0.2, 0) is 20.4 Å². The van der Waals surface area contributed by atoms with E-state index < -0.39 is 38.3 Å². The van der Waals surface area contributed by atoms with Crippen molar-refractivity contribution in [2.75, 3.05) is 6.61 Å². The molecule has 0 aromatic heterocycles. The standard InChI is InChI=1S/C36H47NO4Si/c1-34(2,3)27-20-26(21-28(22-27)35(4,5)6)31-36(7,24-42(8,9)29-18-14-11-15-19-29)32(39)37(33(40)41-31)30(23-38)25-16-12-10-13-17-25/h10-22,30-31,38H,23-24H2,1-9H3/t30-,31-,36-/m1/s1. The molecule has 0 unspecified atom stereocenters. The second-order valence-corrected chi connectivity index (χ2v) is 19.4. The molecule has 0 aliphatic carbocycles. The molecule has 224 valence electrons. The number of nitrogens with zero attached hydrogens (tertiary/aromatic N) is 1. The lowest BCUT2D eigenvalue weighted by atomic mass is 9.74. The molecule has 42 heavy (non-hydrogen) atoms. The maximum absolute atomic E-state index is 14.8. The van der Waals surface area contributed by atoms with Crippen LogP contribution in [0, 0.1) is 5.41 Å². The van der Waals surface area contributed by atoms with Crippen molar-refractivity contribution in [2.24, 2.45) is 5.41 Å². The average Bonchev–Trinajstić information content (AvgIpc) is 2.93. The summed E-state index contributed by atoms with van der Waals surface area (Å²) in [5, 5.41) is 11.7. The van der Waals surface area contributed by atoms with Crippen molar-refractivity contribution in [1.82, 2.24) is 4.90 Å². The molecule has 3 aromatic carbocycles. The van der Waals surface area contributed by atoms with Gasteiger partial charge in [-0.1, -0.05) is 139 Å². The fraction of sp³-hybridized carbons (Fsp3) is 0.444. The Balaban J connectivity index is 1.92. The molecule has 3 atom stereocenters. The number of carbonyl (C=O) groups excluding carboxylic acids is 2. The molecule has 0 spiro atoms. The van der Waals surface area contributed by atoms with Crippen molar-refractivity contribution < 1.29 is 19.4 Å². The van der Waals surface area contributed by atoms with Crippen molar-refractivity contribution in [2.45, 2.75) is 90.6 Å². The number of hydrogen-bond donors (Lipinski definition) is 1. The molecule has 0 radical (unpaired) electrons. The van der Waals surface area contributed by atoms with Crippen molar-refractivity contribution in [1.29, 1.82) is 0 Å². The molecule has 3 aromatic rings.